The van der Waals surface area contributed by atoms with Crippen LogP contribution in [0.4, 0.5) is 0 Å². The Balaban J connectivity index is 1.57. The smallest absolute Gasteiger partial charge is 0.118 e. The summed E-state index contributed by atoms with van der Waals surface area (Å²) in [6, 6.07) is 8.30. The van der Waals surface area contributed by atoms with Crippen LogP contribution in [-0.2, 0) is 6.54 Å². The van der Waals surface area contributed by atoms with Crippen molar-refractivity contribution in [3.8, 4) is 5.75 Å². The van der Waals surface area contributed by atoms with Crippen LogP contribution in [0.3, 0.4) is 0 Å². The van der Waals surface area contributed by atoms with Crippen LogP contribution in [0.2, 0.25) is 0 Å². The number of hydrazine groups is 1. The van der Waals surface area contributed by atoms with Crippen molar-refractivity contribution in [2.24, 2.45) is 0 Å². The van der Waals surface area contributed by atoms with Gasteiger partial charge in [0, 0.05) is 44.8 Å². The summed E-state index contributed by atoms with van der Waals surface area (Å²) in [6.07, 6.45) is 1.06. The lowest BCUT2D eigenvalue weighted by atomic mass is 10.1. The van der Waals surface area contributed by atoms with E-state index in [0.29, 0.717) is 6.54 Å². The van der Waals surface area contributed by atoms with E-state index in [0.717, 1.165) is 38.3 Å². The normalized spacial score (nSPS) is 19.5. The molecule has 1 aromatic rings. The van der Waals surface area contributed by atoms with Crippen LogP contribution in [0.25, 0.3) is 0 Å². The second-order valence-corrected chi connectivity index (χ2v) is 5.65. The minimum absolute atomic E-state index is 0.198. The maximum atomic E-state index is 9.03. The highest BCUT2D eigenvalue weighted by Crippen LogP contribution is 2.23. The molecule has 5 nitrogen and oxygen atoms in total. The van der Waals surface area contributed by atoms with Gasteiger partial charge in [-0.05, 0) is 23.3 Å². The highest BCUT2D eigenvalue weighted by molar-refractivity contribution is 5.28. The van der Waals surface area contributed by atoms with E-state index < -0.39 is 0 Å². The summed E-state index contributed by atoms with van der Waals surface area (Å²) >= 11 is 0. The van der Waals surface area contributed by atoms with Gasteiger partial charge in [0.25, 0.3) is 0 Å². The number of nitrogens with one attached hydrogen (secondary N) is 1. The van der Waals surface area contributed by atoms with Crippen molar-refractivity contribution in [3.05, 3.63) is 41.1 Å². The Hall–Kier alpha value is -1.56. The zero-order chi connectivity index (χ0) is 14.7. The minimum Gasteiger partial charge on any atom is -0.497 e. The molecule has 0 fully saturated rings. The molecule has 0 radical (unpaired) electrons. The van der Waals surface area contributed by atoms with Gasteiger partial charge in [-0.15, -0.1) is 0 Å². The predicted octanol–water partition coefficient (Wildman–Crippen LogP) is 0.967. The van der Waals surface area contributed by atoms with Gasteiger partial charge in [-0.3, -0.25) is 4.90 Å². The van der Waals surface area contributed by atoms with Gasteiger partial charge in [-0.1, -0.05) is 12.1 Å². The molecule has 0 spiro atoms. The number of β-amino-alcohol motifs (C(OH)–C–C–N with tert-alkyl or cyclic N) is 1. The first kappa shape index (κ1) is 14.4. The van der Waals surface area contributed by atoms with Gasteiger partial charge in [-0.25, -0.2) is 5.01 Å². The molecule has 0 atom stereocenters. The topological polar surface area (TPSA) is 48.0 Å². The average Bonchev–Trinajstić information content (AvgIpc) is 2.90. The lowest BCUT2D eigenvalue weighted by Crippen LogP contribution is -2.34. The maximum absolute atomic E-state index is 9.03. The molecule has 21 heavy (non-hydrogen) atoms. The first-order valence-corrected chi connectivity index (χ1v) is 7.47. The molecular formula is C16H23N3O2. The molecule has 5 heteroatoms. The SMILES string of the molecule is COc1ccc(CN2CCC3=C(C2)CN(CCO)N3)cc1. The van der Waals surface area contributed by atoms with Crippen LogP contribution in [0.5, 0.6) is 5.75 Å². The highest BCUT2D eigenvalue weighted by Gasteiger charge is 2.26. The highest BCUT2D eigenvalue weighted by atomic mass is 16.5. The maximum Gasteiger partial charge on any atom is 0.118 e. The van der Waals surface area contributed by atoms with E-state index in [9.17, 15) is 0 Å². The molecular weight excluding hydrogens is 266 g/mol. The summed E-state index contributed by atoms with van der Waals surface area (Å²) < 4.78 is 5.20. The Bertz CT molecular complexity index is 513. The number of hydrogen-bond donors (Lipinski definition) is 2. The summed E-state index contributed by atoms with van der Waals surface area (Å²) in [4.78, 5) is 2.48. The monoisotopic (exact) mass is 289 g/mol. The van der Waals surface area contributed by atoms with E-state index in [-0.39, 0.29) is 6.61 Å². The molecule has 3 rings (SSSR count). The second-order valence-electron chi connectivity index (χ2n) is 5.65. The third-order valence-electron chi connectivity index (χ3n) is 4.13. The number of methoxy groups -OCH3 is 1. The van der Waals surface area contributed by atoms with Crippen LogP contribution < -0.4 is 10.2 Å². The third kappa shape index (κ3) is 3.37. The molecule has 0 unspecified atom stereocenters. The van der Waals surface area contributed by atoms with Crippen molar-refractivity contribution < 1.29 is 9.84 Å². The average molecular weight is 289 g/mol. The van der Waals surface area contributed by atoms with E-state index in [1.165, 1.54) is 16.8 Å². The molecule has 0 aliphatic carbocycles. The van der Waals surface area contributed by atoms with Crippen LogP contribution in [0, 0.1) is 0 Å². The van der Waals surface area contributed by atoms with Gasteiger partial charge in [-0.2, -0.15) is 0 Å². The second kappa shape index (κ2) is 6.47. The van der Waals surface area contributed by atoms with E-state index in [4.69, 9.17) is 9.84 Å². The Morgan fingerprint density at radius 3 is 2.76 bits per heavy atom. The van der Waals surface area contributed by atoms with Gasteiger partial charge in [0.2, 0.25) is 0 Å². The van der Waals surface area contributed by atoms with Gasteiger partial charge >= 0.3 is 0 Å². The van der Waals surface area contributed by atoms with E-state index in [1.54, 1.807) is 7.11 Å². The van der Waals surface area contributed by atoms with Gasteiger partial charge in [0.1, 0.15) is 5.75 Å². The molecule has 2 heterocycles. The summed E-state index contributed by atoms with van der Waals surface area (Å²) in [6.45, 7) is 4.87. The lowest BCUT2D eigenvalue weighted by molar-refractivity contribution is 0.183. The van der Waals surface area contributed by atoms with Gasteiger partial charge in [0.05, 0.1) is 13.7 Å². The molecule has 0 bridgehead atoms. The third-order valence-corrected chi connectivity index (χ3v) is 4.13. The Morgan fingerprint density at radius 2 is 2.05 bits per heavy atom. The summed E-state index contributed by atoms with van der Waals surface area (Å²) in [7, 11) is 1.69. The number of aliphatic hydroxyl groups is 1. The Kier molecular flexibility index (Phi) is 4.43. The molecule has 1 aromatic carbocycles. The summed E-state index contributed by atoms with van der Waals surface area (Å²) in [5, 5.41) is 11.1. The Morgan fingerprint density at radius 1 is 1.24 bits per heavy atom. The van der Waals surface area contributed by atoms with Crippen molar-refractivity contribution in [1.29, 1.82) is 0 Å². The molecule has 0 saturated carbocycles. The quantitative estimate of drug-likeness (QED) is 0.846. The van der Waals surface area contributed by atoms with E-state index in [2.05, 4.69) is 27.5 Å². The molecule has 2 aliphatic heterocycles. The van der Waals surface area contributed by atoms with Crippen molar-refractivity contribution in [1.82, 2.24) is 15.3 Å². The van der Waals surface area contributed by atoms with Crippen molar-refractivity contribution in [2.75, 3.05) is 39.9 Å². The number of benzene rings is 1. The fourth-order valence-corrected chi connectivity index (χ4v) is 3.01. The zero-order valence-corrected chi connectivity index (χ0v) is 12.5. The summed E-state index contributed by atoms with van der Waals surface area (Å²) in [5.74, 6) is 0.905. The first-order chi connectivity index (χ1) is 10.3. The fraction of sp³-hybridized carbons (Fsp3) is 0.500. The minimum atomic E-state index is 0.198. The zero-order valence-electron chi connectivity index (χ0n) is 12.5. The Labute approximate surface area is 125 Å². The number of aliphatic hydroxyl groups excluding tert-OH is 1. The molecule has 114 valence electrons. The largest absolute Gasteiger partial charge is 0.497 e. The molecule has 0 saturated heterocycles. The fourth-order valence-electron chi connectivity index (χ4n) is 3.01. The molecule has 2 N–H and O–H groups in total. The van der Waals surface area contributed by atoms with Crippen LogP contribution >= 0.6 is 0 Å². The van der Waals surface area contributed by atoms with Gasteiger partial charge < -0.3 is 15.3 Å². The van der Waals surface area contributed by atoms with Crippen molar-refractivity contribution in [3.63, 3.8) is 0 Å². The van der Waals surface area contributed by atoms with Gasteiger partial charge in [0.15, 0.2) is 0 Å². The molecule has 0 aromatic heterocycles. The van der Waals surface area contributed by atoms with Crippen molar-refractivity contribution >= 4 is 0 Å². The standard InChI is InChI=1S/C16H23N3O2/c1-21-15-4-2-13(3-5-15)10-18-7-6-16-14(11-18)12-19(17-16)8-9-20/h2-5,17,20H,6-12H2,1H3. The molecule has 2 aliphatic rings. The predicted molar refractivity (Wildman–Crippen MR) is 81.7 cm³/mol. The van der Waals surface area contributed by atoms with Crippen LogP contribution in [0.1, 0.15) is 12.0 Å². The number of ether oxygens (including phenoxy) is 1. The van der Waals surface area contributed by atoms with Crippen LogP contribution in [0.15, 0.2) is 35.5 Å². The number of hydrogen-bond acceptors (Lipinski definition) is 5. The first-order valence-electron chi connectivity index (χ1n) is 7.47. The van der Waals surface area contributed by atoms with Crippen LogP contribution in [-0.4, -0.2) is 54.9 Å². The van der Waals surface area contributed by atoms with E-state index in [1.807, 2.05) is 12.1 Å². The van der Waals surface area contributed by atoms with Crippen molar-refractivity contribution in [2.45, 2.75) is 13.0 Å². The van der Waals surface area contributed by atoms with E-state index >= 15 is 0 Å². The lowest BCUT2D eigenvalue weighted by Gasteiger charge is -2.27. The number of rotatable bonds is 5. The molecule has 0 amide bonds. The number of nitrogens with zero attached hydrogens (tertiary/aromatic N) is 2. The summed E-state index contributed by atoms with van der Waals surface area (Å²) in [5.41, 5.74) is 7.54.